The molecule has 2 rings (SSSR count). The molecular formula is C28H37N. The van der Waals surface area contributed by atoms with E-state index in [4.69, 9.17) is 0 Å². The van der Waals surface area contributed by atoms with Crippen molar-refractivity contribution in [2.24, 2.45) is 0 Å². The van der Waals surface area contributed by atoms with Crippen LogP contribution in [-0.2, 0) is 0 Å². The fourth-order valence-corrected chi connectivity index (χ4v) is 2.50. The van der Waals surface area contributed by atoms with E-state index < -0.39 is 0 Å². The smallest absolute Gasteiger partial charge is 0.0333 e. The second-order valence-corrected chi connectivity index (χ2v) is 5.52. The van der Waals surface area contributed by atoms with Crippen molar-refractivity contribution >= 4 is 5.57 Å². The summed E-state index contributed by atoms with van der Waals surface area (Å²) in [4.78, 5) is 0. The van der Waals surface area contributed by atoms with Gasteiger partial charge in [0.15, 0.2) is 0 Å². The van der Waals surface area contributed by atoms with Gasteiger partial charge in [-0.25, -0.2) is 0 Å². The topological polar surface area (TPSA) is 12.0 Å². The minimum atomic E-state index is 1.07. The van der Waals surface area contributed by atoms with Crippen LogP contribution in [0.15, 0.2) is 110 Å². The van der Waals surface area contributed by atoms with Crippen molar-refractivity contribution in [1.29, 1.82) is 0 Å². The first-order valence-electron chi connectivity index (χ1n) is 10.5. The maximum Gasteiger partial charge on any atom is 0.0333 e. The Kier molecular flexibility index (Phi) is 15.3. The van der Waals surface area contributed by atoms with Crippen LogP contribution in [0.1, 0.15) is 47.1 Å². The third-order valence-electron chi connectivity index (χ3n) is 3.79. The highest BCUT2D eigenvalue weighted by atomic mass is 14.8. The van der Waals surface area contributed by atoms with Crippen LogP contribution in [0.4, 0.5) is 0 Å². The standard InChI is InChI=1S/C24H25N.2C2H6/c1-4-10-20(18-19-25-24(6-3)11-5-2)22-14-16-23(17-15-22)21-12-8-7-9-13-21;2*1-2/h4-19,25H,1H2,2-3H3;2*1-2H3/b11-5-,19-18-,20-10+,24-6+;;. The molecule has 0 saturated heterocycles. The van der Waals surface area contributed by atoms with Crippen molar-refractivity contribution in [3.05, 3.63) is 115 Å². The van der Waals surface area contributed by atoms with Gasteiger partial charge >= 0.3 is 0 Å². The molecule has 0 heterocycles. The fraction of sp³-hybridized carbons (Fsp3) is 0.214. The molecule has 154 valence electrons. The molecule has 0 unspecified atom stereocenters. The summed E-state index contributed by atoms with van der Waals surface area (Å²) in [5.74, 6) is 0. The first-order chi connectivity index (χ1) is 14.3. The molecule has 0 saturated carbocycles. The number of hydrogen-bond donors (Lipinski definition) is 1. The van der Waals surface area contributed by atoms with Gasteiger partial charge in [0.25, 0.3) is 0 Å². The van der Waals surface area contributed by atoms with E-state index in [2.05, 4.69) is 66.5 Å². The third kappa shape index (κ3) is 9.62. The molecule has 0 aliphatic rings. The maximum atomic E-state index is 3.83. The van der Waals surface area contributed by atoms with Gasteiger partial charge in [-0.2, -0.15) is 0 Å². The molecule has 0 aliphatic carbocycles. The van der Waals surface area contributed by atoms with E-state index >= 15 is 0 Å². The normalized spacial score (nSPS) is 11.4. The molecule has 0 amide bonds. The molecule has 0 radical (unpaired) electrons. The number of allylic oxidation sites excluding steroid dienone is 7. The Morgan fingerprint density at radius 1 is 0.793 bits per heavy atom. The molecule has 0 aliphatic heterocycles. The van der Waals surface area contributed by atoms with Gasteiger partial charge in [0.05, 0.1) is 0 Å². The van der Waals surface area contributed by atoms with Crippen molar-refractivity contribution < 1.29 is 0 Å². The van der Waals surface area contributed by atoms with Gasteiger partial charge in [0.1, 0.15) is 0 Å². The molecule has 0 spiro atoms. The van der Waals surface area contributed by atoms with E-state index in [0.717, 1.165) is 16.8 Å². The molecule has 29 heavy (non-hydrogen) atoms. The highest BCUT2D eigenvalue weighted by Crippen LogP contribution is 2.23. The predicted molar refractivity (Wildman–Crippen MR) is 134 cm³/mol. The van der Waals surface area contributed by atoms with Gasteiger partial charge < -0.3 is 5.32 Å². The van der Waals surface area contributed by atoms with Gasteiger partial charge in [0, 0.05) is 11.9 Å². The van der Waals surface area contributed by atoms with Gasteiger partial charge in [-0.1, -0.05) is 113 Å². The van der Waals surface area contributed by atoms with Crippen molar-refractivity contribution in [2.45, 2.75) is 41.5 Å². The van der Waals surface area contributed by atoms with E-state index in [0.29, 0.717) is 0 Å². The number of nitrogens with one attached hydrogen (secondary N) is 1. The predicted octanol–water partition coefficient (Wildman–Crippen LogP) is 8.56. The van der Waals surface area contributed by atoms with Crippen molar-refractivity contribution in [1.82, 2.24) is 5.32 Å². The lowest BCUT2D eigenvalue weighted by Crippen LogP contribution is -2.01. The van der Waals surface area contributed by atoms with E-state index in [1.807, 2.05) is 84.2 Å². The largest absolute Gasteiger partial charge is 0.362 e. The van der Waals surface area contributed by atoms with E-state index in [9.17, 15) is 0 Å². The highest BCUT2D eigenvalue weighted by Gasteiger charge is 2.00. The average Bonchev–Trinajstić information content (AvgIpc) is 2.81. The minimum Gasteiger partial charge on any atom is -0.362 e. The first-order valence-corrected chi connectivity index (χ1v) is 10.5. The monoisotopic (exact) mass is 387 g/mol. The lowest BCUT2D eigenvalue weighted by molar-refractivity contribution is 1.10. The SMILES string of the molecule is C=C/C=C(\C=C/NC(/C=C\C)=C/C)c1ccc(-c2ccccc2)cc1.CC.CC. The molecule has 0 fully saturated rings. The molecule has 2 aromatic carbocycles. The lowest BCUT2D eigenvalue weighted by Gasteiger charge is -2.06. The summed E-state index contributed by atoms with van der Waals surface area (Å²) in [5.41, 5.74) is 5.78. The summed E-state index contributed by atoms with van der Waals surface area (Å²) >= 11 is 0. The minimum absolute atomic E-state index is 1.07. The lowest BCUT2D eigenvalue weighted by atomic mass is 10.00. The molecule has 1 heteroatoms. The molecule has 0 atom stereocenters. The van der Waals surface area contributed by atoms with Crippen molar-refractivity contribution in [2.75, 3.05) is 0 Å². The Hall–Kier alpha value is -3.06. The molecule has 1 nitrogen and oxygen atoms in total. The van der Waals surface area contributed by atoms with Gasteiger partial charge in [0.2, 0.25) is 0 Å². The molecule has 1 N–H and O–H groups in total. The second-order valence-electron chi connectivity index (χ2n) is 5.52. The van der Waals surface area contributed by atoms with Crippen LogP contribution >= 0.6 is 0 Å². The molecule has 0 aromatic heterocycles. The van der Waals surface area contributed by atoms with Crippen molar-refractivity contribution in [3.8, 4) is 11.1 Å². The quantitative estimate of drug-likeness (QED) is 0.469. The molecular weight excluding hydrogens is 350 g/mol. The fourth-order valence-electron chi connectivity index (χ4n) is 2.50. The van der Waals surface area contributed by atoms with Crippen LogP contribution < -0.4 is 5.32 Å². The first kappa shape index (κ1) is 25.9. The zero-order chi connectivity index (χ0) is 21.9. The van der Waals surface area contributed by atoms with Crippen molar-refractivity contribution in [3.63, 3.8) is 0 Å². The van der Waals surface area contributed by atoms with Crippen LogP contribution in [-0.4, -0.2) is 0 Å². The summed E-state index contributed by atoms with van der Waals surface area (Å²) < 4.78 is 0. The van der Waals surface area contributed by atoms with Gasteiger partial charge in [-0.15, -0.1) is 0 Å². The summed E-state index contributed by atoms with van der Waals surface area (Å²) in [6.07, 6.45) is 13.9. The number of hydrogen-bond acceptors (Lipinski definition) is 1. The Morgan fingerprint density at radius 2 is 1.38 bits per heavy atom. The summed E-state index contributed by atoms with van der Waals surface area (Å²) in [6.45, 7) is 15.8. The molecule has 0 bridgehead atoms. The summed E-state index contributed by atoms with van der Waals surface area (Å²) in [6, 6.07) is 19.0. The number of rotatable bonds is 7. The Morgan fingerprint density at radius 3 is 1.90 bits per heavy atom. The van der Waals surface area contributed by atoms with Gasteiger partial charge in [-0.3, -0.25) is 0 Å². The van der Waals surface area contributed by atoms with Crippen LogP contribution in [0.5, 0.6) is 0 Å². The Balaban J connectivity index is 0.00000184. The van der Waals surface area contributed by atoms with E-state index in [1.54, 1.807) is 0 Å². The van der Waals surface area contributed by atoms with Crippen LogP contribution in [0.2, 0.25) is 0 Å². The van der Waals surface area contributed by atoms with E-state index in [1.165, 1.54) is 11.1 Å². The average molecular weight is 388 g/mol. The van der Waals surface area contributed by atoms with E-state index in [-0.39, 0.29) is 0 Å². The third-order valence-corrected chi connectivity index (χ3v) is 3.79. The highest BCUT2D eigenvalue weighted by molar-refractivity contribution is 5.77. The summed E-state index contributed by atoms with van der Waals surface area (Å²) in [7, 11) is 0. The second kappa shape index (κ2) is 17.1. The summed E-state index contributed by atoms with van der Waals surface area (Å²) in [5, 5.41) is 3.28. The van der Waals surface area contributed by atoms with Crippen LogP contribution in [0, 0.1) is 0 Å². The number of benzene rings is 2. The van der Waals surface area contributed by atoms with Crippen LogP contribution in [0.3, 0.4) is 0 Å². The zero-order valence-electron chi connectivity index (χ0n) is 18.9. The zero-order valence-corrected chi connectivity index (χ0v) is 18.9. The van der Waals surface area contributed by atoms with Gasteiger partial charge in [-0.05, 0) is 48.3 Å². The Bertz CT molecular complexity index is 788. The molecule has 2 aromatic rings. The van der Waals surface area contributed by atoms with Crippen LogP contribution in [0.25, 0.3) is 16.7 Å². The maximum absolute atomic E-state index is 3.83. The Labute approximate surface area is 178 Å².